The number of anilines is 3. The number of furan rings is 1. The number of hydrogen-bond acceptors (Lipinski definition) is 4. The van der Waals surface area contributed by atoms with Crippen LogP contribution in [0.25, 0.3) is 84.5 Å². The second-order valence-electron chi connectivity index (χ2n) is 13.2. The first-order chi connectivity index (χ1) is 25.8. The third-order valence-electron chi connectivity index (χ3n) is 10.3. The van der Waals surface area contributed by atoms with E-state index in [9.17, 15) is 0 Å². The number of benzene rings is 8. The summed E-state index contributed by atoms with van der Waals surface area (Å²) in [6.45, 7) is 0. The molecule has 11 aromatic rings. The number of hydrogen-bond donors (Lipinski definition) is 0. The average Bonchev–Trinajstić information content (AvgIpc) is 3.91. The SMILES string of the molecule is c1ccc(-c2cccc3c2sc2c(N(c4cccc(-c5cccc6sc7ccccc7c56)c4)c4cccc5c4oc4ccccc45)cccc23)cc1. The Morgan fingerprint density at radius 2 is 1.04 bits per heavy atom. The first-order valence-electron chi connectivity index (χ1n) is 17.5. The van der Waals surface area contributed by atoms with E-state index in [1.54, 1.807) is 0 Å². The highest BCUT2D eigenvalue weighted by Gasteiger charge is 2.23. The smallest absolute Gasteiger partial charge is 0.159 e. The lowest BCUT2D eigenvalue weighted by Crippen LogP contribution is -2.10. The predicted octanol–water partition coefficient (Wildman–Crippen LogP) is 15.1. The molecule has 3 heterocycles. The van der Waals surface area contributed by atoms with Crippen molar-refractivity contribution in [3.63, 3.8) is 0 Å². The molecule has 0 fully saturated rings. The summed E-state index contributed by atoms with van der Waals surface area (Å²) in [6.07, 6.45) is 0. The fraction of sp³-hybridized carbons (Fsp3) is 0. The largest absolute Gasteiger partial charge is 0.454 e. The number of fused-ring (bicyclic) bond motifs is 9. The topological polar surface area (TPSA) is 16.4 Å². The molecule has 0 atom stereocenters. The second-order valence-corrected chi connectivity index (χ2v) is 15.3. The van der Waals surface area contributed by atoms with Gasteiger partial charge in [0.2, 0.25) is 0 Å². The van der Waals surface area contributed by atoms with Gasteiger partial charge in [0.05, 0.1) is 16.1 Å². The Morgan fingerprint density at radius 3 is 1.94 bits per heavy atom. The summed E-state index contributed by atoms with van der Waals surface area (Å²) in [7, 11) is 0. The number of rotatable bonds is 5. The van der Waals surface area contributed by atoms with Gasteiger partial charge in [0.25, 0.3) is 0 Å². The molecular weight excluding hydrogens is 671 g/mol. The van der Waals surface area contributed by atoms with Crippen LogP contribution in [-0.4, -0.2) is 0 Å². The molecule has 8 aromatic carbocycles. The van der Waals surface area contributed by atoms with Crippen molar-refractivity contribution in [3.8, 4) is 22.3 Å². The van der Waals surface area contributed by atoms with Gasteiger partial charge in [-0.3, -0.25) is 0 Å². The maximum Gasteiger partial charge on any atom is 0.159 e. The van der Waals surface area contributed by atoms with E-state index in [-0.39, 0.29) is 0 Å². The van der Waals surface area contributed by atoms with Gasteiger partial charge in [0, 0.05) is 52.1 Å². The van der Waals surface area contributed by atoms with Gasteiger partial charge < -0.3 is 9.32 Å². The van der Waals surface area contributed by atoms with Crippen molar-refractivity contribution in [2.45, 2.75) is 0 Å². The molecule has 0 amide bonds. The number of thiophene rings is 2. The first-order valence-corrected chi connectivity index (χ1v) is 19.1. The quantitative estimate of drug-likeness (QED) is 0.178. The summed E-state index contributed by atoms with van der Waals surface area (Å²) >= 11 is 3.73. The van der Waals surface area contributed by atoms with Crippen molar-refractivity contribution in [1.29, 1.82) is 0 Å². The van der Waals surface area contributed by atoms with Crippen LogP contribution in [0.15, 0.2) is 180 Å². The van der Waals surface area contributed by atoms with E-state index in [1.807, 2.05) is 28.7 Å². The van der Waals surface area contributed by atoms with Crippen molar-refractivity contribution in [2.75, 3.05) is 4.90 Å². The van der Waals surface area contributed by atoms with Crippen LogP contribution in [0.4, 0.5) is 17.1 Å². The van der Waals surface area contributed by atoms with E-state index in [1.165, 1.54) is 62.6 Å². The molecule has 0 N–H and O–H groups in total. The first kappa shape index (κ1) is 29.5. The Balaban J connectivity index is 1.19. The normalized spacial score (nSPS) is 11.8. The minimum atomic E-state index is 0.878. The molecule has 3 aromatic heterocycles. The number of para-hydroxylation sites is 2. The third kappa shape index (κ3) is 4.48. The Kier molecular flexibility index (Phi) is 6.63. The van der Waals surface area contributed by atoms with E-state index in [0.717, 1.165) is 39.0 Å². The van der Waals surface area contributed by atoms with E-state index >= 15 is 0 Å². The molecule has 244 valence electrons. The van der Waals surface area contributed by atoms with E-state index in [4.69, 9.17) is 4.42 Å². The Hall–Kier alpha value is -6.20. The lowest BCUT2D eigenvalue weighted by Gasteiger charge is -2.26. The highest BCUT2D eigenvalue weighted by atomic mass is 32.1. The van der Waals surface area contributed by atoms with E-state index in [2.05, 4.69) is 175 Å². The molecule has 0 radical (unpaired) electrons. The molecule has 0 aliphatic heterocycles. The molecule has 11 rings (SSSR count). The molecule has 0 spiro atoms. The summed E-state index contributed by atoms with van der Waals surface area (Å²) in [5.74, 6) is 0. The highest BCUT2D eigenvalue weighted by Crippen LogP contribution is 2.50. The zero-order valence-corrected chi connectivity index (χ0v) is 29.5. The van der Waals surface area contributed by atoms with Gasteiger partial charge in [-0.1, -0.05) is 133 Å². The maximum absolute atomic E-state index is 6.73. The van der Waals surface area contributed by atoms with Crippen LogP contribution in [0.1, 0.15) is 0 Å². The van der Waals surface area contributed by atoms with Crippen molar-refractivity contribution < 1.29 is 4.42 Å². The monoisotopic (exact) mass is 699 g/mol. The molecule has 0 aliphatic carbocycles. The molecule has 2 nitrogen and oxygen atoms in total. The fourth-order valence-electron chi connectivity index (χ4n) is 7.97. The lowest BCUT2D eigenvalue weighted by atomic mass is 9.98. The predicted molar refractivity (Wildman–Crippen MR) is 225 cm³/mol. The Bertz CT molecular complexity index is 3150. The summed E-state index contributed by atoms with van der Waals surface area (Å²) in [5.41, 5.74) is 9.90. The van der Waals surface area contributed by atoms with Crippen LogP contribution in [0.3, 0.4) is 0 Å². The molecule has 0 saturated heterocycles. The lowest BCUT2D eigenvalue weighted by molar-refractivity contribution is 0.669. The Morgan fingerprint density at radius 1 is 0.404 bits per heavy atom. The molecule has 52 heavy (non-hydrogen) atoms. The van der Waals surface area contributed by atoms with E-state index < -0.39 is 0 Å². The third-order valence-corrected chi connectivity index (χ3v) is 12.7. The molecule has 0 unspecified atom stereocenters. The minimum Gasteiger partial charge on any atom is -0.454 e. The van der Waals surface area contributed by atoms with Crippen molar-refractivity contribution in [3.05, 3.63) is 176 Å². The second kappa shape index (κ2) is 11.7. The summed E-state index contributed by atoms with van der Waals surface area (Å²) in [5, 5.41) is 7.37. The van der Waals surface area contributed by atoms with Crippen LogP contribution >= 0.6 is 22.7 Å². The van der Waals surface area contributed by atoms with Gasteiger partial charge in [-0.15, -0.1) is 22.7 Å². The van der Waals surface area contributed by atoms with Gasteiger partial charge in [0.1, 0.15) is 5.58 Å². The van der Waals surface area contributed by atoms with Crippen molar-refractivity contribution in [1.82, 2.24) is 0 Å². The molecule has 4 heteroatoms. The van der Waals surface area contributed by atoms with Crippen LogP contribution < -0.4 is 4.90 Å². The summed E-state index contributed by atoms with van der Waals surface area (Å²) in [4.78, 5) is 2.42. The maximum atomic E-state index is 6.73. The van der Waals surface area contributed by atoms with Crippen LogP contribution in [-0.2, 0) is 0 Å². The van der Waals surface area contributed by atoms with Crippen LogP contribution in [0, 0.1) is 0 Å². The van der Waals surface area contributed by atoms with Crippen LogP contribution in [0.2, 0.25) is 0 Å². The summed E-state index contributed by atoms with van der Waals surface area (Å²) in [6, 6.07) is 63.5. The van der Waals surface area contributed by atoms with Gasteiger partial charge in [0.15, 0.2) is 5.58 Å². The fourth-order valence-corrected chi connectivity index (χ4v) is 10.4. The zero-order valence-electron chi connectivity index (χ0n) is 27.9. The summed E-state index contributed by atoms with van der Waals surface area (Å²) < 4.78 is 11.9. The molecule has 0 saturated carbocycles. The molecule has 0 aliphatic rings. The van der Waals surface area contributed by atoms with Gasteiger partial charge in [-0.25, -0.2) is 0 Å². The average molecular weight is 700 g/mol. The number of nitrogens with zero attached hydrogens (tertiary/aromatic N) is 1. The van der Waals surface area contributed by atoms with Crippen LogP contribution in [0.5, 0.6) is 0 Å². The van der Waals surface area contributed by atoms with E-state index in [0.29, 0.717) is 0 Å². The zero-order chi connectivity index (χ0) is 34.2. The van der Waals surface area contributed by atoms with Gasteiger partial charge in [-0.2, -0.15) is 0 Å². The Labute approximate surface area is 308 Å². The minimum absolute atomic E-state index is 0.878. The van der Waals surface area contributed by atoms with Crippen molar-refractivity contribution in [2.24, 2.45) is 0 Å². The standard InChI is InChI=1S/C48H29NOS2/c1-2-13-30(14-3-1)34-20-9-22-37-38-23-11-25-41(48(38)52-47(34)37)49(40-24-10-21-36-35-17-4-6-26-42(35)50-46(36)40)32-16-8-15-31(29-32)33-19-12-28-44-45(33)39-18-5-7-27-43(39)51-44/h1-29H. The highest BCUT2D eigenvalue weighted by molar-refractivity contribution is 7.27. The van der Waals surface area contributed by atoms with Gasteiger partial charge in [-0.05, 0) is 64.7 Å². The van der Waals surface area contributed by atoms with Crippen molar-refractivity contribution >= 4 is 102 Å². The van der Waals surface area contributed by atoms with Gasteiger partial charge >= 0.3 is 0 Å². The molecular formula is C48H29NOS2. The molecule has 0 bridgehead atoms.